The number of hydrogen-bond donors (Lipinski definition) is 1. The van der Waals surface area contributed by atoms with Gasteiger partial charge in [-0.05, 0) is 36.4 Å². The maximum Gasteiger partial charge on any atom is 0.387 e. The van der Waals surface area contributed by atoms with Gasteiger partial charge in [-0.2, -0.15) is 8.78 Å². The minimum absolute atomic E-state index is 0.00266. The normalized spacial score (nSPS) is 10.4. The predicted molar refractivity (Wildman–Crippen MR) is 73.0 cm³/mol. The molecule has 1 amide bonds. The number of carbonyl (C=O) groups is 1. The highest BCUT2D eigenvalue weighted by molar-refractivity contribution is 9.10. The third kappa shape index (κ3) is 3.99. The van der Waals surface area contributed by atoms with E-state index in [0.717, 1.165) is 4.47 Å². The molecule has 0 bridgehead atoms. The summed E-state index contributed by atoms with van der Waals surface area (Å²) in [6.07, 6.45) is 1.54. The van der Waals surface area contributed by atoms with Crippen molar-refractivity contribution in [1.29, 1.82) is 0 Å². The lowest BCUT2D eigenvalue weighted by molar-refractivity contribution is -0.0498. The average Bonchev–Trinajstić information content (AvgIpc) is 2.38. The number of benzene rings is 1. The van der Waals surface area contributed by atoms with Crippen molar-refractivity contribution in [2.24, 2.45) is 0 Å². The highest BCUT2D eigenvalue weighted by atomic mass is 79.9. The standard InChI is InChI=1S/C13H9BrF2N2O2/c14-9-5-6-17-11(7-9)18-12(19)8-1-3-10(4-2-8)20-13(15)16/h1-7,13H,(H,17,18,19). The summed E-state index contributed by atoms with van der Waals surface area (Å²) in [5.41, 5.74) is 0.313. The number of rotatable bonds is 4. The molecule has 7 heteroatoms. The summed E-state index contributed by atoms with van der Waals surface area (Å²) in [7, 11) is 0. The van der Waals surface area contributed by atoms with Crippen LogP contribution in [-0.2, 0) is 0 Å². The van der Waals surface area contributed by atoms with Crippen LogP contribution in [0.15, 0.2) is 47.1 Å². The molecule has 0 spiro atoms. The van der Waals surface area contributed by atoms with Crippen molar-refractivity contribution in [2.75, 3.05) is 5.32 Å². The fourth-order valence-electron chi connectivity index (χ4n) is 1.45. The Bertz CT molecular complexity index is 606. The van der Waals surface area contributed by atoms with E-state index >= 15 is 0 Å². The molecule has 0 aliphatic rings. The molecule has 4 nitrogen and oxygen atoms in total. The lowest BCUT2D eigenvalue weighted by atomic mass is 10.2. The summed E-state index contributed by atoms with van der Waals surface area (Å²) in [6, 6.07) is 8.76. The van der Waals surface area contributed by atoms with Crippen LogP contribution in [0.2, 0.25) is 0 Å². The molecule has 2 rings (SSSR count). The van der Waals surface area contributed by atoms with E-state index in [4.69, 9.17) is 0 Å². The van der Waals surface area contributed by atoms with Gasteiger partial charge in [-0.15, -0.1) is 0 Å². The van der Waals surface area contributed by atoms with E-state index in [1.807, 2.05) is 0 Å². The van der Waals surface area contributed by atoms with Gasteiger partial charge in [-0.3, -0.25) is 4.79 Å². The van der Waals surface area contributed by atoms with Gasteiger partial charge in [-0.1, -0.05) is 15.9 Å². The zero-order chi connectivity index (χ0) is 14.5. The van der Waals surface area contributed by atoms with Crippen LogP contribution in [0.25, 0.3) is 0 Å². The second-order valence-electron chi connectivity index (χ2n) is 3.72. The first-order chi connectivity index (χ1) is 9.54. The molecule has 0 radical (unpaired) electrons. The van der Waals surface area contributed by atoms with Crippen molar-refractivity contribution in [2.45, 2.75) is 6.61 Å². The third-order valence-electron chi connectivity index (χ3n) is 2.31. The second-order valence-corrected chi connectivity index (χ2v) is 4.63. The Morgan fingerprint density at radius 3 is 2.55 bits per heavy atom. The number of carbonyl (C=O) groups excluding carboxylic acids is 1. The van der Waals surface area contributed by atoms with Crippen LogP contribution in [0, 0.1) is 0 Å². The average molecular weight is 343 g/mol. The fraction of sp³-hybridized carbons (Fsp3) is 0.0769. The van der Waals surface area contributed by atoms with Gasteiger partial charge in [0.05, 0.1) is 0 Å². The van der Waals surface area contributed by atoms with Gasteiger partial charge in [0.15, 0.2) is 0 Å². The Balaban J connectivity index is 2.06. The number of pyridine rings is 1. The first-order valence-electron chi connectivity index (χ1n) is 5.52. The van der Waals surface area contributed by atoms with Crippen LogP contribution in [0.5, 0.6) is 5.75 Å². The number of anilines is 1. The van der Waals surface area contributed by atoms with Crippen molar-refractivity contribution < 1.29 is 18.3 Å². The lowest BCUT2D eigenvalue weighted by Crippen LogP contribution is -2.12. The van der Waals surface area contributed by atoms with E-state index in [-0.39, 0.29) is 11.7 Å². The Morgan fingerprint density at radius 1 is 1.25 bits per heavy atom. The van der Waals surface area contributed by atoms with Crippen LogP contribution >= 0.6 is 15.9 Å². The molecular weight excluding hydrogens is 334 g/mol. The molecule has 1 aromatic carbocycles. The number of nitrogens with one attached hydrogen (secondary N) is 1. The predicted octanol–water partition coefficient (Wildman–Crippen LogP) is 3.70. The van der Waals surface area contributed by atoms with Crippen LogP contribution in [0.1, 0.15) is 10.4 Å². The van der Waals surface area contributed by atoms with E-state index < -0.39 is 6.61 Å². The highest BCUT2D eigenvalue weighted by Crippen LogP contribution is 2.17. The maximum absolute atomic E-state index is 12.0. The minimum atomic E-state index is -2.89. The molecule has 0 saturated heterocycles. The van der Waals surface area contributed by atoms with Gasteiger partial charge < -0.3 is 10.1 Å². The second kappa shape index (κ2) is 6.42. The topological polar surface area (TPSA) is 51.2 Å². The molecule has 1 N–H and O–H groups in total. The van der Waals surface area contributed by atoms with Crippen LogP contribution in [-0.4, -0.2) is 17.5 Å². The number of amides is 1. The first kappa shape index (κ1) is 14.4. The summed E-state index contributed by atoms with van der Waals surface area (Å²) in [5, 5.41) is 2.59. The fourth-order valence-corrected chi connectivity index (χ4v) is 1.78. The summed E-state index contributed by atoms with van der Waals surface area (Å²) in [5.74, 6) is -0.00592. The molecular formula is C13H9BrF2N2O2. The molecule has 20 heavy (non-hydrogen) atoms. The van der Waals surface area contributed by atoms with Gasteiger partial charge in [0.1, 0.15) is 11.6 Å². The Labute approximate surface area is 121 Å². The molecule has 0 atom stereocenters. The minimum Gasteiger partial charge on any atom is -0.435 e. The van der Waals surface area contributed by atoms with Crippen molar-refractivity contribution in [1.82, 2.24) is 4.98 Å². The smallest absolute Gasteiger partial charge is 0.387 e. The zero-order valence-electron chi connectivity index (χ0n) is 10.0. The number of ether oxygens (including phenoxy) is 1. The van der Waals surface area contributed by atoms with Crippen LogP contribution in [0.4, 0.5) is 14.6 Å². The van der Waals surface area contributed by atoms with Gasteiger partial charge >= 0.3 is 6.61 Å². The molecule has 104 valence electrons. The molecule has 0 aliphatic heterocycles. The van der Waals surface area contributed by atoms with Crippen molar-refractivity contribution in [3.8, 4) is 5.75 Å². The quantitative estimate of drug-likeness (QED) is 0.921. The van der Waals surface area contributed by atoms with Gasteiger partial charge in [0.2, 0.25) is 0 Å². The van der Waals surface area contributed by atoms with E-state index in [2.05, 4.69) is 31.0 Å². The van der Waals surface area contributed by atoms with Crippen LogP contribution in [0.3, 0.4) is 0 Å². The number of aromatic nitrogens is 1. The highest BCUT2D eigenvalue weighted by Gasteiger charge is 2.09. The molecule has 0 saturated carbocycles. The summed E-state index contributed by atoms with van der Waals surface area (Å²) < 4.78 is 29.0. The van der Waals surface area contributed by atoms with Crippen LogP contribution < -0.4 is 10.1 Å². The molecule has 1 aromatic heterocycles. The number of nitrogens with zero attached hydrogens (tertiary/aromatic N) is 1. The summed E-state index contributed by atoms with van der Waals surface area (Å²) in [6.45, 7) is -2.89. The maximum atomic E-state index is 12.0. The van der Waals surface area contributed by atoms with Crippen molar-refractivity contribution >= 4 is 27.7 Å². The largest absolute Gasteiger partial charge is 0.435 e. The Kier molecular flexibility index (Phi) is 4.62. The molecule has 2 aromatic rings. The van der Waals surface area contributed by atoms with E-state index in [1.165, 1.54) is 24.3 Å². The third-order valence-corrected chi connectivity index (χ3v) is 2.80. The van der Waals surface area contributed by atoms with E-state index in [1.54, 1.807) is 18.3 Å². The zero-order valence-corrected chi connectivity index (χ0v) is 11.6. The first-order valence-corrected chi connectivity index (χ1v) is 6.31. The number of halogens is 3. The Hall–Kier alpha value is -2.02. The SMILES string of the molecule is O=C(Nc1cc(Br)ccn1)c1ccc(OC(F)F)cc1. The molecule has 0 unspecified atom stereocenters. The van der Waals surface area contributed by atoms with Crippen molar-refractivity contribution in [3.63, 3.8) is 0 Å². The van der Waals surface area contributed by atoms with Gasteiger partial charge in [-0.25, -0.2) is 4.98 Å². The van der Waals surface area contributed by atoms with E-state index in [0.29, 0.717) is 11.4 Å². The van der Waals surface area contributed by atoms with Crippen molar-refractivity contribution in [3.05, 3.63) is 52.6 Å². The molecule has 0 fully saturated rings. The van der Waals surface area contributed by atoms with Gasteiger partial charge in [0.25, 0.3) is 5.91 Å². The van der Waals surface area contributed by atoms with E-state index in [9.17, 15) is 13.6 Å². The lowest BCUT2D eigenvalue weighted by Gasteiger charge is -2.06. The molecule has 1 heterocycles. The monoisotopic (exact) mass is 342 g/mol. The molecule has 0 aliphatic carbocycles. The number of alkyl halides is 2. The summed E-state index contributed by atoms with van der Waals surface area (Å²) >= 11 is 3.26. The summed E-state index contributed by atoms with van der Waals surface area (Å²) in [4.78, 5) is 15.9. The van der Waals surface area contributed by atoms with Gasteiger partial charge in [0, 0.05) is 16.2 Å². The Morgan fingerprint density at radius 2 is 1.95 bits per heavy atom. The number of hydrogen-bond acceptors (Lipinski definition) is 3.